The van der Waals surface area contributed by atoms with Gasteiger partial charge in [0.2, 0.25) is 4.96 Å². The summed E-state index contributed by atoms with van der Waals surface area (Å²) in [7, 11) is 1.60. The van der Waals surface area contributed by atoms with Crippen molar-refractivity contribution in [2.75, 3.05) is 18.6 Å². The van der Waals surface area contributed by atoms with E-state index in [1.165, 1.54) is 15.9 Å². The number of hydrogen-bond acceptors (Lipinski definition) is 6. The lowest BCUT2D eigenvalue weighted by atomic mass is 10.1. The molecule has 1 aliphatic heterocycles. The maximum Gasteiger partial charge on any atom is 0.291 e. The van der Waals surface area contributed by atoms with E-state index in [1.807, 2.05) is 49.4 Å². The fraction of sp³-hybridized carbons (Fsp3) is 0.143. The number of anilines is 1. The molecule has 0 spiro atoms. The number of ether oxygens (including phenoxy) is 1. The zero-order chi connectivity index (χ0) is 21.0. The lowest BCUT2D eigenvalue weighted by molar-refractivity contribution is -0.113. The molecule has 5 rings (SSSR count). The molecule has 4 aromatic rings. The number of halogens is 1. The van der Waals surface area contributed by atoms with Crippen molar-refractivity contribution >= 4 is 49.4 Å². The molecular weight excluding hydrogens is 468 g/mol. The lowest BCUT2D eigenvalue weighted by Gasteiger charge is -2.13. The Kier molecular flexibility index (Phi) is 4.44. The third-order valence-corrected chi connectivity index (χ3v) is 6.55. The highest BCUT2D eigenvalue weighted by molar-refractivity contribution is 9.10. The van der Waals surface area contributed by atoms with Crippen molar-refractivity contribution < 1.29 is 9.53 Å². The van der Waals surface area contributed by atoms with Crippen LogP contribution in [0.25, 0.3) is 21.9 Å². The normalized spacial score (nSPS) is 15.2. The van der Waals surface area contributed by atoms with Crippen LogP contribution in [-0.4, -0.2) is 34.2 Å². The molecule has 7 nitrogen and oxygen atoms in total. The van der Waals surface area contributed by atoms with Gasteiger partial charge in [-0.05, 0) is 49.4 Å². The Balaban J connectivity index is 1.71. The van der Waals surface area contributed by atoms with Crippen LogP contribution in [0.5, 0.6) is 5.75 Å². The molecule has 0 atom stereocenters. The van der Waals surface area contributed by atoms with E-state index in [1.54, 1.807) is 12.0 Å². The number of carbonyl (C=O) groups is 1. The van der Waals surface area contributed by atoms with Gasteiger partial charge >= 0.3 is 0 Å². The average molecular weight is 483 g/mol. The second-order valence-corrected chi connectivity index (χ2v) is 8.57. The molecule has 0 saturated carbocycles. The molecule has 2 aromatic carbocycles. The molecule has 150 valence electrons. The Morgan fingerprint density at radius 3 is 2.57 bits per heavy atom. The number of fused-ring (bicyclic) bond motifs is 2. The predicted octanol–water partition coefficient (Wildman–Crippen LogP) is 2.87. The number of aromatic nitrogens is 3. The number of rotatable bonds is 3. The molecule has 0 bridgehead atoms. The van der Waals surface area contributed by atoms with Gasteiger partial charge in [0.25, 0.3) is 11.5 Å². The number of likely N-dealkylation sites (N-methyl/N-ethyl adjacent to an activating group) is 1. The number of amides is 1. The number of hydrogen-bond donors (Lipinski definition) is 0. The van der Waals surface area contributed by atoms with Gasteiger partial charge in [-0.1, -0.05) is 27.3 Å². The number of thiazole rings is 1. The van der Waals surface area contributed by atoms with Crippen LogP contribution in [0.2, 0.25) is 0 Å². The number of methoxy groups -OCH3 is 1. The predicted molar refractivity (Wildman–Crippen MR) is 119 cm³/mol. The van der Waals surface area contributed by atoms with E-state index >= 15 is 0 Å². The highest BCUT2D eigenvalue weighted by Crippen LogP contribution is 2.37. The first-order valence-corrected chi connectivity index (χ1v) is 10.8. The molecule has 30 heavy (non-hydrogen) atoms. The number of carbonyl (C=O) groups excluding carboxylic acids is 1. The summed E-state index contributed by atoms with van der Waals surface area (Å²) >= 11 is 4.64. The van der Waals surface area contributed by atoms with Gasteiger partial charge in [0.1, 0.15) is 10.3 Å². The van der Waals surface area contributed by atoms with Crippen molar-refractivity contribution in [3.05, 3.63) is 67.4 Å². The second-order valence-electron chi connectivity index (χ2n) is 6.68. The lowest BCUT2D eigenvalue weighted by Crippen LogP contribution is -2.32. The molecule has 3 heterocycles. The fourth-order valence-electron chi connectivity index (χ4n) is 3.58. The Bertz CT molecular complexity index is 1430. The molecule has 0 aliphatic carbocycles. The zero-order valence-electron chi connectivity index (χ0n) is 16.0. The smallest absolute Gasteiger partial charge is 0.291 e. The van der Waals surface area contributed by atoms with Crippen LogP contribution >= 0.6 is 27.3 Å². The quantitative estimate of drug-likeness (QED) is 0.448. The number of nitrogens with zero attached hydrogens (tertiary/aromatic N) is 4. The maximum atomic E-state index is 13.1. The molecule has 0 N–H and O–H groups in total. The molecule has 0 saturated heterocycles. The summed E-state index contributed by atoms with van der Waals surface area (Å²) in [6, 6.07) is 13.0. The van der Waals surface area contributed by atoms with Crippen LogP contribution in [0.4, 0.5) is 5.69 Å². The minimum absolute atomic E-state index is 0.178. The summed E-state index contributed by atoms with van der Waals surface area (Å²) in [5.74, 6) is 1.00. The molecule has 0 radical (unpaired) electrons. The zero-order valence-corrected chi connectivity index (χ0v) is 18.5. The highest BCUT2D eigenvalue weighted by Gasteiger charge is 2.33. The molecular formula is C21H15BrN4O3S. The van der Waals surface area contributed by atoms with Crippen molar-refractivity contribution in [1.29, 1.82) is 0 Å². The second kappa shape index (κ2) is 7.03. The largest absolute Gasteiger partial charge is 0.497 e. The first-order valence-electron chi connectivity index (χ1n) is 9.22. The van der Waals surface area contributed by atoms with Crippen LogP contribution < -0.4 is 19.7 Å². The highest BCUT2D eigenvalue weighted by atomic mass is 79.9. The van der Waals surface area contributed by atoms with Crippen LogP contribution in [-0.2, 0) is 4.79 Å². The Labute approximate surface area is 183 Å². The summed E-state index contributed by atoms with van der Waals surface area (Å²) < 4.78 is 7.64. The van der Waals surface area contributed by atoms with Crippen LogP contribution in [0.3, 0.4) is 0 Å². The van der Waals surface area contributed by atoms with Crippen LogP contribution in [0.15, 0.2) is 51.7 Å². The molecule has 1 aliphatic rings. The summed E-state index contributed by atoms with van der Waals surface area (Å²) in [6.07, 6.45) is 0. The van der Waals surface area contributed by atoms with Gasteiger partial charge in [0.05, 0.1) is 18.4 Å². The standard InChI is InChI=1S/C21H15BrN4O3S/c1-3-25-15-9-6-12(22)10-14(15)16(19(25)27)17-20(28)26-21(30-17)23-18(24-26)11-4-7-13(29-2)8-5-11/h4-10H,3H2,1-2H3/b17-16-. The van der Waals surface area contributed by atoms with Crippen LogP contribution in [0, 0.1) is 0 Å². The Morgan fingerprint density at radius 2 is 1.90 bits per heavy atom. The summed E-state index contributed by atoms with van der Waals surface area (Å²) in [5.41, 5.74) is 2.39. The molecule has 0 unspecified atom stereocenters. The SMILES string of the molecule is CCN1C(=O)/C(=c2\sc3nc(-c4ccc(OC)cc4)nn3c2=O)c2cc(Br)ccc21. The van der Waals surface area contributed by atoms with Gasteiger partial charge < -0.3 is 9.64 Å². The molecule has 2 aromatic heterocycles. The minimum atomic E-state index is -0.338. The van der Waals surface area contributed by atoms with Gasteiger partial charge in [-0.2, -0.15) is 9.50 Å². The third-order valence-electron chi connectivity index (χ3n) is 5.03. The van der Waals surface area contributed by atoms with Gasteiger partial charge in [-0.3, -0.25) is 9.59 Å². The van der Waals surface area contributed by atoms with Crippen molar-refractivity contribution in [2.45, 2.75) is 6.92 Å². The molecule has 9 heteroatoms. The van der Waals surface area contributed by atoms with E-state index in [-0.39, 0.29) is 11.5 Å². The van der Waals surface area contributed by atoms with Gasteiger partial charge in [-0.25, -0.2) is 0 Å². The monoisotopic (exact) mass is 482 g/mol. The van der Waals surface area contributed by atoms with Crippen LogP contribution in [0.1, 0.15) is 12.5 Å². The maximum absolute atomic E-state index is 13.1. The first kappa shape index (κ1) is 19.0. The fourth-order valence-corrected chi connectivity index (χ4v) is 4.94. The van der Waals surface area contributed by atoms with Gasteiger partial charge in [0, 0.05) is 22.1 Å². The molecule has 1 amide bonds. The third kappa shape index (κ3) is 2.77. The Hall–Kier alpha value is -3.04. The van der Waals surface area contributed by atoms with Crippen molar-refractivity contribution in [3.63, 3.8) is 0 Å². The Morgan fingerprint density at radius 1 is 1.13 bits per heavy atom. The van der Waals surface area contributed by atoms with E-state index < -0.39 is 0 Å². The number of benzene rings is 2. The topological polar surface area (TPSA) is 76.8 Å². The van der Waals surface area contributed by atoms with Gasteiger partial charge in [-0.15, -0.1) is 5.10 Å². The van der Waals surface area contributed by atoms with E-state index in [0.717, 1.165) is 27.0 Å². The first-order chi connectivity index (χ1) is 14.5. The summed E-state index contributed by atoms with van der Waals surface area (Å²) in [6.45, 7) is 2.43. The van der Waals surface area contributed by atoms with E-state index in [0.29, 0.717) is 27.4 Å². The summed E-state index contributed by atoms with van der Waals surface area (Å²) in [4.78, 5) is 32.9. The van der Waals surface area contributed by atoms with Crippen molar-refractivity contribution in [1.82, 2.24) is 14.6 Å². The average Bonchev–Trinajstić information content (AvgIpc) is 3.38. The van der Waals surface area contributed by atoms with Gasteiger partial charge in [0.15, 0.2) is 5.82 Å². The van der Waals surface area contributed by atoms with E-state index in [4.69, 9.17) is 4.74 Å². The van der Waals surface area contributed by atoms with E-state index in [2.05, 4.69) is 26.0 Å². The van der Waals surface area contributed by atoms with Crippen molar-refractivity contribution in [3.8, 4) is 17.1 Å². The van der Waals surface area contributed by atoms with E-state index in [9.17, 15) is 9.59 Å². The summed E-state index contributed by atoms with van der Waals surface area (Å²) in [5, 5.41) is 4.38. The van der Waals surface area contributed by atoms with Crippen molar-refractivity contribution in [2.24, 2.45) is 0 Å². The molecule has 0 fully saturated rings. The minimum Gasteiger partial charge on any atom is -0.497 e.